The van der Waals surface area contributed by atoms with Crippen molar-refractivity contribution in [2.45, 2.75) is 30.2 Å². The number of sulfonamides is 1. The van der Waals surface area contributed by atoms with Gasteiger partial charge in [-0.2, -0.15) is 26.3 Å². The quantitative estimate of drug-likeness (QED) is 0.394. The Bertz CT molecular complexity index is 1260. The lowest BCUT2D eigenvalue weighted by molar-refractivity contribution is -0.154. The van der Waals surface area contributed by atoms with Crippen LogP contribution in [0.3, 0.4) is 0 Å². The standard InChI is InChI=1S/C22H19F6NO4S/c1-14(16-7-6-15-4-2-3-5-17(15)10-16)29-34(30,31)20-11-18(32-12-21(23,24)25)8-9-19(20)33-13-22(26,27)28/h2-11,14,29H,12-13H2,1H3. The summed E-state index contributed by atoms with van der Waals surface area (Å²) in [5.74, 6) is -1.19. The highest BCUT2D eigenvalue weighted by Crippen LogP contribution is 2.32. The fourth-order valence-electron chi connectivity index (χ4n) is 3.07. The molecular weight excluding hydrogens is 488 g/mol. The molecule has 0 aliphatic rings. The summed E-state index contributed by atoms with van der Waals surface area (Å²) < 4.78 is 113. The fourth-order valence-corrected chi connectivity index (χ4v) is 4.47. The highest BCUT2D eigenvalue weighted by atomic mass is 32.2. The first-order valence-corrected chi connectivity index (χ1v) is 11.3. The van der Waals surface area contributed by atoms with E-state index in [0.717, 1.165) is 22.9 Å². The highest BCUT2D eigenvalue weighted by molar-refractivity contribution is 7.89. The van der Waals surface area contributed by atoms with Gasteiger partial charge in [-0.3, -0.25) is 0 Å². The van der Waals surface area contributed by atoms with Crippen molar-refractivity contribution in [3.05, 3.63) is 66.2 Å². The molecule has 184 valence electrons. The molecule has 0 fully saturated rings. The highest BCUT2D eigenvalue weighted by Gasteiger charge is 2.32. The lowest BCUT2D eigenvalue weighted by Gasteiger charge is -2.19. The maximum Gasteiger partial charge on any atom is 0.422 e. The van der Waals surface area contributed by atoms with Crippen LogP contribution in [-0.4, -0.2) is 34.0 Å². The number of benzene rings is 3. The van der Waals surface area contributed by atoms with Gasteiger partial charge >= 0.3 is 12.4 Å². The van der Waals surface area contributed by atoms with Gasteiger partial charge in [-0.1, -0.05) is 36.4 Å². The number of hydrogen-bond acceptors (Lipinski definition) is 4. The van der Waals surface area contributed by atoms with Crippen molar-refractivity contribution in [1.82, 2.24) is 4.72 Å². The topological polar surface area (TPSA) is 64.6 Å². The molecule has 0 aliphatic carbocycles. The summed E-state index contributed by atoms with van der Waals surface area (Å²) in [6, 6.07) is 14.1. The van der Waals surface area contributed by atoms with E-state index in [0.29, 0.717) is 11.6 Å². The van der Waals surface area contributed by atoms with E-state index < -0.39 is 58.0 Å². The molecule has 0 heterocycles. The third kappa shape index (κ3) is 7.00. The molecule has 0 radical (unpaired) electrons. The van der Waals surface area contributed by atoms with E-state index >= 15 is 0 Å². The fraction of sp³-hybridized carbons (Fsp3) is 0.273. The van der Waals surface area contributed by atoms with Crippen molar-refractivity contribution >= 4 is 20.8 Å². The van der Waals surface area contributed by atoms with Crippen LogP contribution in [0.2, 0.25) is 0 Å². The molecule has 0 bridgehead atoms. The van der Waals surface area contributed by atoms with Gasteiger partial charge in [0.15, 0.2) is 13.2 Å². The molecule has 1 N–H and O–H groups in total. The minimum atomic E-state index is -4.77. The third-order valence-electron chi connectivity index (χ3n) is 4.60. The molecule has 0 saturated heterocycles. The molecule has 0 aromatic heterocycles. The van der Waals surface area contributed by atoms with Gasteiger partial charge in [-0.15, -0.1) is 0 Å². The molecule has 0 spiro atoms. The lowest BCUT2D eigenvalue weighted by Crippen LogP contribution is -2.28. The maximum atomic E-state index is 13.0. The summed E-state index contributed by atoms with van der Waals surface area (Å²) in [5, 5.41) is 1.75. The summed E-state index contributed by atoms with van der Waals surface area (Å²) in [6.45, 7) is -1.99. The van der Waals surface area contributed by atoms with Gasteiger partial charge in [-0.05, 0) is 41.5 Å². The molecule has 3 aromatic rings. The van der Waals surface area contributed by atoms with E-state index in [2.05, 4.69) is 14.2 Å². The number of fused-ring (bicyclic) bond motifs is 1. The van der Waals surface area contributed by atoms with Crippen molar-refractivity contribution in [2.75, 3.05) is 13.2 Å². The minimum Gasteiger partial charge on any atom is -0.484 e. The van der Waals surface area contributed by atoms with Gasteiger partial charge < -0.3 is 9.47 Å². The number of rotatable bonds is 8. The van der Waals surface area contributed by atoms with Crippen LogP contribution in [0.4, 0.5) is 26.3 Å². The Morgan fingerprint density at radius 3 is 2.09 bits per heavy atom. The van der Waals surface area contributed by atoms with Crippen molar-refractivity contribution in [3.63, 3.8) is 0 Å². The van der Waals surface area contributed by atoms with Crippen molar-refractivity contribution in [2.24, 2.45) is 0 Å². The summed E-state index contributed by atoms with van der Waals surface area (Å²) in [4.78, 5) is -0.788. The second-order valence-corrected chi connectivity index (χ2v) is 9.05. The summed E-state index contributed by atoms with van der Waals surface area (Å²) in [6.07, 6.45) is -9.47. The average molecular weight is 507 g/mol. The van der Waals surface area contributed by atoms with E-state index in [4.69, 9.17) is 0 Å². The SMILES string of the molecule is CC(NS(=O)(=O)c1cc(OCC(F)(F)F)ccc1OCC(F)(F)F)c1ccc2ccccc2c1. The second-order valence-electron chi connectivity index (χ2n) is 7.37. The van der Waals surface area contributed by atoms with Gasteiger partial charge in [0.1, 0.15) is 16.4 Å². The molecule has 12 heteroatoms. The predicted molar refractivity (Wildman–Crippen MR) is 112 cm³/mol. The lowest BCUT2D eigenvalue weighted by atomic mass is 10.0. The van der Waals surface area contributed by atoms with Crippen LogP contribution in [0.1, 0.15) is 18.5 Å². The number of nitrogens with one attached hydrogen (secondary N) is 1. The Labute approximate surface area is 191 Å². The van der Waals surface area contributed by atoms with E-state index in [1.54, 1.807) is 24.3 Å². The molecule has 5 nitrogen and oxygen atoms in total. The number of halogens is 6. The molecule has 3 aromatic carbocycles. The van der Waals surface area contributed by atoms with Crippen LogP contribution in [0, 0.1) is 0 Å². The zero-order valence-corrected chi connectivity index (χ0v) is 18.4. The van der Waals surface area contributed by atoms with Crippen LogP contribution in [0.15, 0.2) is 65.6 Å². The average Bonchev–Trinajstić information content (AvgIpc) is 2.74. The normalized spacial score (nSPS) is 13.6. The first-order valence-electron chi connectivity index (χ1n) is 9.78. The van der Waals surface area contributed by atoms with E-state index in [1.807, 2.05) is 18.2 Å². The summed E-state index contributed by atoms with van der Waals surface area (Å²) in [7, 11) is -4.54. The Morgan fingerprint density at radius 1 is 0.824 bits per heavy atom. The van der Waals surface area contributed by atoms with Crippen molar-refractivity contribution in [3.8, 4) is 11.5 Å². The van der Waals surface area contributed by atoms with Crippen LogP contribution in [0.25, 0.3) is 10.8 Å². The summed E-state index contributed by atoms with van der Waals surface area (Å²) >= 11 is 0. The van der Waals surface area contributed by atoms with Crippen LogP contribution >= 0.6 is 0 Å². The number of hydrogen-bond donors (Lipinski definition) is 1. The Kier molecular flexibility index (Phi) is 7.32. The first kappa shape index (κ1) is 25.6. The zero-order valence-electron chi connectivity index (χ0n) is 17.6. The van der Waals surface area contributed by atoms with Crippen LogP contribution in [-0.2, 0) is 10.0 Å². The van der Waals surface area contributed by atoms with Gasteiger partial charge in [0.05, 0.1) is 0 Å². The largest absolute Gasteiger partial charge is 0.484 e. The van der Waals surface area contributed by atoms with Gasteiger partial charge in [0.2, 0.25) is 10.0 Å². The van der Waals surface area contributed by atoms with E-state index in [1.165, 1.54) is 6.92 Å². The van der Waals surface area contributed by atoms with E-state index in [-0.39, 0.29) is 0 Å². The smallest absolute Gasteiger partial charge is 0.422 e. The zero-order chi connectivity index (χ0) is 25.1. The summed E-state index contributed by atoms with van der Waals surface area (Å²) in [5.41, 5.74) is 0.560. The Hall–Kier alpha value is -2.99. The third-order valence-corrected chi connectivity index (χ3v) is 6.17. The first-order chi connectivity index (χ1) is 15.7. The van der Waals surface area contributed by atoms with Crippen molar-refractivity contribution < 1.29 is 44.2 Å². The van der Waals surface area contributed by atoms with Gasteiger partial charge in [0, 0.05) is 12.1 Å². The van der Waals surface area contributed by atoms with Gasteiger partial charge in [-0.25, -0.2) is 13.1 Å². The minimum absolute atomic E-state index is 0.504. The monoisotopic (exact) mass is 507 g/mol. The van der Waals surface area contributed by atoms with Gasteiger partial charge in [0.25, 0.3) is 0 Å². The van der Waals surface area contributed by atoms with E-state index in [9.17, 15) is 34.8 Å². The maximum absolute atomic E-state index is 13.0. The molecule has 1 unspecified atom stereocenters. The number of alkyl halides is 6. The molecular formula is C22H19F6NO4S. The molecule has 1 atom stereocenters. The van der Waals surface area contributed by atoms with Crippen molar-refractivity contribution in [1.29, 1.82) is 0 Å². The Morgan fingerprint density at radius 2 is 1.44 bits per heavy atom. The predicted octanol–water partition coefficient (Wildman–Crippen LogP) is 5.76. The molecule has 0 saturated carbocycles. The van der Waals surface area contributed by atoms with Crippen LogP contribution in [0.5, 0.6) is 11.5 Å². The van der Waals surface area contributed by atoms with Crippen LogP contribution < -0.4 is 14.2 Å². The number of ether oxygens (including phenoxy) is 2. The molecule has 0 amide bonds. The molecule has 3 rings (SSSR count). The second kappa shape index (κ2) is 9.71. The molecule has 0 aliphatic heterocycles. The molecule has 34 heavy (non-hydrogen) atoms. The Balaban J connectivity index is 1.91.